The molecular formula is C24H23ClN2O2. The molecule has 0 radical (unpaired) electrons. The molecule has 2 amide bonds. The summed E-state index contributed by atoms with van der Waals surface area (Å²) in [6.45, 7) is 1.89. The predicted octanol–water partition coefficient (Wildman–Crippen LogP) is 5.08. The number of rotatable bonds is 7. The third-order valence-electron chi connectivity index (χ3n) is 4.68. The van der Waals surface area contributed by atoms with Crippen LogP contribution >= 0.6 is 11.6 Å². The van der Waals surface area contributed by atoms with Gasteiger partial charge in [-0.2, -0.15) is 0 Å². The molecule has 0 heterocycles. The highest BCUT2D eigenvalue weighted by atomic mass is 35.5. The number of hydrogen-bond acceptors (Lipinski definition) is 2. The summed E-state index contributed by atoms with van der Waals surface area (Å²) in [4.78, 5) is 25.4. The number of benzene rings is 3. The molecule has 4 nitrogen and oxygen atoms in total. The van der Waals surface area contributed by atoms with Crippen molar-refractivity contribution < 1.29 is 9.59 Å². The molecule has 0 aliphatic carbocycles. The van der Waals surface area contributed by atoms with Gasteiger partial charge in [-0.05, 0) is 36.2 Å². The Morgan fingerprint density at radius 3 is 2.07 bits per heavy atom. The van der Waals surface area contributed by atoms with Crippen LogP contribution in [0.2, 0.25) is 5.02 Å². The zero-order chi connectivity index (χ0) is 20.6. The third-order valence-corrected chi connectivity index (χ3v) is 5.03. The smallest absolute Gasteiger partial charge is 0.251 e. The Morgan fingerprint density at radius 2 is 1.41 bits per heavy atom. The lowest BCUT2D eigenvalue weighted by molar-refractivity contribution is -0.122. The molecule has 0 saturated heterocycles. The number of amides is 2. The topological polar surface area (TPSA) is 58.2 Å². The lowest BCUT2D eigenvalue weighted by Gasteiger charge is -2.21. The summed E-state index contributed by atoms with van der Waals surface area (Å²) < 4.78 is 0. The molecule has 29 heavy (non-hydrogen) atoms. The summed E-state index contributed by atoms with van der Waals surface area (Å²) in [7, 11) is 0. The first-order valence-corrected chi connectivity index (χ1v) is 9.87. The summed E-state index contributed by atoms with van der Waals surface area (Å²) in [5, 5.41) is 6.56. The molecule has 0 aliphatic rings. The molecule has 3 rings (SSSR count). The molecule has 3 aromatic rings. The zero-order valence-corrected chi connectivity index (χ0v) is 16.9. The molecule has 5 heteroatoms. The molecule has 0 bridgehead atoms. The van der Waals surface area contributed by atoms with E-state index in [9.17, 15) is 9.59 Å². The van der Waals surface area contributed by atoms with Crippen LogP contribution in [0.3, 0.4) is 0 Å². The van der Waals surface area contributed by atoms with Gasteiger partial charge in [0.25, 0.3) is 5.91 Å². The highest BCUT2D eigenvalue weighted by Crippen LogP contribution is 2.23. The molecule has 2 unspecified atom stereocenters. The molecule has 3 aromatic carbocycles. The third kappa shape index (κ3) is 5.69. The maximum absolute atomic E-state index is 12.7. The number of carbonyl (C=O) groups excluding carboxylic acids is 2. The highest BCUT2D eigenvalue weighted by molar-refractivity contribution is 6.31. The van der Waals surface area contributed by atoms with Gasteiger partial charge in [-0.3, -0.25) is 9.59 Å². The second kappa shape index (κ2) is 9.89. The van der Waals surface area contributed by atoms with Crippen LogP contribution in [0, 0.1) is 0 Å². The molecular weight excluding hydrogens is 384 g/mol. The van der Waals surface area contributed by atoms with Crippen LogP contribution in [0.4, 0.5) is 0 Å². The van der Waals surface area contributed by atoms with Crippen molar-refractivity contribution in [2.24, 2.45) is 0 Å². The monoisotopic (exact) mass is 406 g/mol. The van der Waals surface area contributed by atoms with Gasteiger partial charge in [-0.15, -0.1) is 0 Å². The maximum Gasteiger partial charge on any atom is 0.251 e. The van der Waals surface area contributed by atoms with Crippen LogP contribution in [-0.4, -0.2) is 11.8 Å². The lowest BCUT2D eigenvalue weighted by atomic mass is 10.0. The van der Waals surface area contributed by atoms with Crippen molar-refractivity contribution in [2.45, 2.75) is 25.4 Å². The van der Waals surface area contributed by atoms with E-state index < -0.39 is 6.04 Å². The second-order valence-electron chi connectivity index (χ2n) is 6.82. The Bertz CT molecular complexity index is 961. The Hall–Kier alpha value is -3.11. The van der Waals surface area contributed by atoms with Gasteiger partial charge in [0.15, 0.2) is 0 Å². The minimum absolute atomic E-state index is 0.122. The summed E-state index contributed by atoms with van der Waals surface area (Å²) in [5.74, 6) is -0.383. The zero-order valence-electron chi connectivity index (χ0n) is 16.1. The van der Waals surface area contributed by atoms with Crippen molar-refractivity contribution in [1.29, 1.82) is 0 Å². The standard InChI is InChI=1S/C24H23ClN2O2/c1-17(20-14-8-9-15-21(20)25)26-23(28)16-22(18-10-4-2-5-11-18)27-24(29)19-12-6-3-7-13-19/h2-15,17,22H,16H2,1H3,(H,26,28)(H,27,29). The van der Waals surface area contributed by atoms with E-state index in [1.54, 1.807) is 18.2 Å². The van der Waals surface area contributed by atoms with Crippen LogP contribution in [0.25, 0.3) is 0 Å². The first kappa shape index (κ1) is 20.6. The van der Waals surface area contributed by atoms with Gasteiger partial charge in [0.2, 0.25) is 5.91 Å². The molecule has 0 aromatic heterocycles. The summed E-state index contributed by atoms with van der Waals surface area (Å²) in [6.07, 6.45) is 0.122. The number of halogens is 1. The Labute approximate surface area is 175 Å². The minimum atomic E-state index is -0.442. The summed E-state index contributed by atoms with van der Waals surface area (Å²) in [6, 6.07) is 25.2. The quantitative estimate of drug-likeness (QED) is 0.575. The molecule has 2 atom stereocenters. The van der Waals surface area contributed by atoms with E-state index in [-0.39, 0.29) is 24.3 Å². The maximum atomic E-state index is 12.7. The first-order chi connectivity index (χ1) is 14.0. The lowest BCUT2D eigenvalue weighted by Crippen LogP contribution is -2.34. The Balaban J connectivity index is 1.72. The van der Waals surface area contributed by atoms with Crippen molar-refractivity contribution in [1.82, 2.24) is 10.6 Å². The average molecular weight is 407 g/mol. The van der Waals surface area contributed by atoms with Crippen molar-refractivity contribution in [2.75, 3.05) is 0 Å². The van der Waals surface area contributed by atoms with E-state index in [2.05, 4.69) is 10.6 Å². The van der Waals surface area contributed by atoms with Crippen LogP contribution in [0.5, 0.6) is 0 Å². The molecule has 148 valence electrons. The van der Waals surface area contributed by atoms with E-state index in [0.29, 0.717) is 10.6 Å². The largest absolute Gasteiger partial charge is 0.349 e. The van der Waals surface area contributed by atoms with E-state index in [1.807, 2.05) is 73.7 Å². The second-order valence-corrected chi connectivity index (χ2v) is 7.22. The van der Waals surface area contributed by atoms with Crippen molar-refractivity contribution in [3.63, 3.8) is 0 Å². The first-order valence-electron chi connectivity index (χ1n) is 9.49. The Morgan fingerprint density at radius 1 is 0.828 bits per heavy atom. The average Bonchev–Trinajstić information content (AvgIpc) is 2.74. The van der Waals surface area contributed by atoms with Crippen molar-refractivity contribution >= 4 is 23.4 Å². The predicted molar refractivity (Wildman–Crippen MR) is 116 cm³/mol. The van der Waals surface area contributed by atoms with E-state index >= 15 is 0 Å². The SMILES string of the molecule is CC(NC(=O)CC(NC(=O)c1ccccc1)c1ccccc1)c1ccccc1Cl. The number of nitrogens with one attached hydrogen (secondary N) is 2. The number of hydrogen-bond donors (Lipinski definition) is 2. The fourth-order valence-corrected chi connectivity index (χ4v) is 3.46. The summed E-state index contributed by atoms with van der Waals surface area (Å²) >= 11 is 6.23. The van der Waals surface area contributed by atoms with Gasteiger partial charge >= 0.3 is 0 Å². The van der Waals surface area contributed by atoms with Gasteiger partial charge in [0.05, 0.1) is 18.5 Å². The summed E-state index contributed by atoms with van der Waals surface area (Å²) in [5.41, 5.74) is 2.28. The highest BCUT2D eigenvalue weighted by Gasteiger charge is 2.21. The van der Waals surface area contributed by atoms with Gasteiger partial charge in [-0.1, -0.05) is 78.3 Å². The molecule has 2 N–H and O–H groups in total. The Kier molecular flexibility index (Phi) is 7.04. The van der Waals surface area contributed by atoms with Gasteiger partial charge in [0.1, 0.15) is 0 Å². The fraction of sp³-hybridized carbons (Fsp3) is 0.167. The van der Waals surface area contributed by atoms with Crippen LogP contribution in [0.1, 0.15) is 46.9 Å². The van der Waals surface area contributed by atoms with Gasteiger partial charge in [-0.25, -0.2) is 0 Å². The van der Waals surface area contributed by atoms with Gasteiger partial charge in [0, 0.05) is 10.6 Å². The minimum Gasteiger partial charge on any atom is -0.349 e. The molecule has 0 spiro atoms. The molecule has 0 aliphatic heterocycles. The van der Waals surface area contributed by atoms with Crippen molar-refractivity contribution in [3.8, 4) is 0 Å². The van der Waals surface area contributed by atoms with Gasteiger partial charge < -0.3 is 10.6 Å². The molecule has 0 fully saturated rings. The number of carbonyl (C=O) groups is 2. The van der Waals surface area contributed by atoms with E-state index in [1.165, 1.54) is 0 Å². The van der Waals surface area contributed by atoms with Crippen LogP contribution in [0.15, 0.2) is 84.9 Å². The van der Waals surface area contributed by atoms with E-state index in [0.717, 1.165) is 11.1 Å². The fourth-order valence-electron chi connectivity index (χ4n) is 3.16. The normalized spacial score (nSPS) is 12.6. The molecule has 0 saturated carbocycles. The van der Waals surface area contributed by atoms with Crippen LogP contribution < -0.4 is 10.6 Å². The van der Waals surface area contributed by atoms with Crippen LogP contribution in [-0.2, 0) is 4.79 Å². The van der Waals surface area contributed by atoms with Crippen molar-refractivity contribution in [3.05, 3.63) is 107 Å². The van der Waals surface area contributed by atoms with E-state index in [4.69, 9.17) is 11.6 Å².